The second kappa shape index (κ2) is 10.7. The minimum atomic E-state index is -1.40. The van der Waals surface area contributed by atoms with Crippen LogP contribution in [0.25, 0.3) is 5.32 Å². The Kier molecular flexibility index (Phi) is 10.1. The van der Waals surface area contributed by atoms with Crippen LogP contribution in [0.2, 0.25) is 18.6 Å². The molecule has 0 spiro atoms. The second-order valence-electron chi connectivity index (χ2n) is 7.05. The fourth-order valence-electron chi connectivity index (χ4n) is 4.51. The van der Waals surface area contributed by atoms with Crippen molar-refractivity contribution >= 4 is 26.8 Å². The van der Waals surface area contributed by atoms with Crippen molar-refractivity contribution in [3.63, 3.8) is 0 Å². The molecule has 24 heavy (non-hydrogen) atoms. The summed E-state index contributed by atoms with van der Waals surface area (Å²) in [5.74, 6) is 2.11. The number of allylic oxidation sites excluding steroid dienone is 5. The minimum absolute atomic E-state index is 0. The average Bonchev–Trinajstić information content (AvgIpc) is 2.96. The van der Waals surface area contributed by atoms with Crippen molar-refractivity contribution in [2.75, 3.05) is 26.2 Å². The Hall–Kier alpha value is 0.651. The zero-order chi connectivity index (χ0) is 16.9. The summed E-state index contributed by atoms with van der Waals surface area (Å²) in [6.45, 7) is 13.7. The van der Waals surface area contributed by atoms with E-state index in [4.69, 9.17) is 18.6 Å². The van der Waals surface area contributed by atoms with Gasteiger partial charge in [-0.15, -0.1) is 19.7 Å². The van der Waals surface area contributed by atoms with Crippen LogP contribution in [0.5, 0.6) is 0 Å². The molecule has 3 rings (SSSR count). The van der Waals surface area contributed by atoms with E-state index in [1.807, 2.05) is 0 Å². The summed E-state index contributed by atoms with van der Waals surface area (Å²) in [4.78, 5) is 0. The maximum absolute atomic E-state index is 4.89. The molecule has 1 heterocycles. The van der Waals surface area contributed by atoms with Gasteiger partial charge in [0.1, 0.15) is 8.24 Å². The van der Waals surface area contributed by atoms with Crippen LogP contribution < -0.4 is 0 Å². The summed E-state index contributed by atoms with van der Waals surface area (Å²) in [7, 11) is 8.38. The van der Waals surface area contributed by atoms with Crippen LogP contribution in [-0.2, 0) is 17.0 Å². The molecular formula is C18H30Cl2N2SiTi-2. The van der Waals surface area contributed by atoms with E-state index < -0.39 is 25.3 Å². The van der Waals surface area contributed by atoms with Gasteiger partial charge < -0.3 is 17.3 Å². The summed E-state index contributed by atoms with van der Waals surface area (Å²) in [5, 5.41) is 4.52. The molecular weight excluding hydrogens is 391 g/mol. The first-order valence-electron chi connectivity index (χ1n) is 8.38. The summed E-state index contributed by atoms with van der Waals surface area (Å²) in [5.41, 5.74) is 0.856. The average molecular weight is 421 g/mol. The molecule has 0 aromatic rings. The molecule has 0 aromatic carbocycles. The molecule has 3 aliphatic rings. The molecule has 6 heteroatoms. The number of rotatable bonds is 3. The first-order chi connectivity index (χ1) is 11.1. The van der Waals surface area contributed by atoms with Gasteiger partial charge in [0.05, 0.1) is 0 Å². The molecule has 1 saturated carbocycles. The molecule has 2 nitrogen and oxygen atoms in total. The fourth-order valence-corrected chi connectivity index (χ4v) is 8.46. The third-order valence-corrected chi connectivity index (χ3v) is 10.3. The van der Waals surface area contributed by atoms with Crippen LogP contribution in [-0.4, -0.2) is 39.0 Å². The molecule has 0 bridgehead atoms. The molecule has 0 N–H and O–H groups in total. The van der Waals surface area contributed by atoms with Gasteiger partial charge >= 0.3 is 35.6 Å². The van der Waals surface area contributed by atoms with Crippen molar-refractivity contribution < 1.29 is 17.0 Å². The van der Waals surface area contributed by atoms with Gasteiger partial charge in [0, 0.05) is 0 Å². The van der Waals surface area contributed by atoms with Gasteiger partial charge in [0.15, 0.2) is 0 Å². The van der Waals surface area contributed by atoms with E-state index in [0.29, 0.717) is 11.8 Å². The zero-order valence-electron chi connectivity index (χ0n) is 15.1. The summed E-state index contributed by atoms with van der Waals surface area (Å²) in [6.07, 6.45) is 12.9. The van der Waals surface area contributed by atoms with E-state index >= 15 is 0 Å². The Bertz CT molecular complexity index is 450. The van der Waals surface area contributed by atoms with E-state index in [-0.39, 0.29) is 7.43 Å². The molecule has 0 radical (unpaired) electrons. The normalized spacial score (nSPS) is 32.2. The van der Waals surface area contributed by atoms with Gasteiger partial charge in [0.25, 0.3) is 0 Å². The number of halogens is 2. The van der Waals surface area contributed by atoms with E-state index in [0.717, 1.165) is 24.5 Å². The fraction of sp³-hybridized carbons (Fsp3) is 0.611. The van der Waals surface area contributed by atoms with Gasteiger partial charge in [-0.1, -0.05) is 43.5 Å². The van der Waals surface area contributed by atoms with Crippen molar-refractivity contribution in [2.45, 2.75) is 25.1 Å². The second-order valence-corrected chi connectivity index (χ2v) is 14.3. The first-order valence-corrected chi connectivity index (χ1v) is 15.7. The van der Waals surface area contributed by atoms with Gasteiger partial charge in [-0.3, -0.25) is 0 Å². The van der Waals surface area contributed by atoms with Crippen LogP contribution in [0, 0.1) is 25.2 Å². The van der Waals surface area contributed by atoms with Crippen molar-refractivity contribution in [1.82, 2.24) is 4.57 Å². The van der Waals surface area contributed by atoms with E-state index in [9.17, 15) is 0 Å². The molecule has 4 atom stereocenters. The van der Waals surface area contributed by atoms with Crippen LogP contribution in [0.4, 0.5) is 0 Å². The van der Waals surface area contributed by atoms with Crippen molar-refractivity contribution in [3.05, 3.63) is 49.7 Å². The monoisotopic (exact) mass is 420 g/mol. The number of hydrogen-bond acceptors (Lipinski definition) is 1. The summed E-state index contributed by atoms with van der Waals surface area (Å²) in [6, 6.07) is 0. The Morgan fingerprint density at radius 3 is 2.25 bits per heavy atom. The van der Waals surface area contributed by atoms with Crippen LogP contribution >= 0.6 is 18.6 Å². The van der Waals surface area contributed by atoms with Crippen molar-refractivity contribution in [2.24, 2.45) is 17.8 Å². The molecule has 136 valence electrons. The SMILES string of the molecule is C=C[C@H]1CC([Si](C)(C)N2CC[N-]CC2)C2C=CC=CC21.[CH3-].[Cl][Ti][Cl]. The van der Waals surface area contributed by atoms with E-state index in [2.05, 4.69) is 59.9 Å². The Labute approximate surface area is 166 Å². The quantitative estimate of drug-likeness (QED) is 0.328. The number of hydrogen-bond donors (Lipinski definition) is 0. The van der Waals surface area contributed by atoms with Gasteiger partial charge in [0.2, 0.25) is 0 Å². The van der Waals surface area contributed by atoms with Gasteiger partial charge in [-0.05, 0) is 42.8 Å². The predicted octanol–water partition coefficient (Wildman–Crippen LogP) is 5.64. The first kappa shape index (κ1) is 22.7. The summed E-state index contributed by atoms with van der Waals surface area (Å²) >= 11 is -0.556. The molecule has 3 unspecified atom stereocenters. The number of fused-ring (bicyclic) bond motifs is 1. The standard InChI is InChI=1S/C17H27N2Si.CH3.2ClH.Ti/c1-4-14-13-17(16-8-6-5-7-15(14)16)20(2,3)19-11-9-18-10-12-19;;;;/h4-8,14-17H,1,9-13H2,2-3H3;1H3;2*1H;/q2*-1;;;+2/p-2/t14-,15?,16?,17?;;;;/m0..../s1. The predicted molar refractivity (Wildman–Crippen MR) is 108 cm³/mol. The van der Waals surface area contributed by atoms with Gasteiger partial charge in [-0.2, -0.15) is 0 Å². The number of piperazine rings is 1. The number of nitrogens with zero attached hydrogens (tertiary/aromatic N) is 2. The molecule has 1 saturated heterocycles. The molecule has 2 fully saturated rings. The molecule has 1 aliphatic heterocycles. The Balaban J connectivity index is 0.000000671. The molecule has 0 amide bonds. The molecule has 0 aromatic heterocycles. The summed E-state index contributed by atoms with van der Waals surface area (Å²) < 4.78 is 2.80. The third kappa shape index (κ3) is 5.10. The van der Waals surface area contributed by atoms with Crippen LogP contribution in [0.3, 0.4) is 0 Å². The van der Waals surface area contributed by atoms with E-state index in [1.54, 1.807) is 0 Å². The van der Waals surface area contributed by atoms with Crippen LogP contribution in [0.1, 0.15) is 6.42 Å². The third-order valence-electron chi connectivity index (χ3n) is 5.79. The Morgan fingerprint density at radius 2 is 1.71 bits per heavy atom. The van der Waals surface area contributed by atoms with Crippen molar-refractivity contribution in [1.29, 1.82) is 0 Å². The maximum atomic E-state index is 4.89. The zero-order valence-corrected chi connectivity index (χ0v) is 19.2. The van der Waals surface area contributed by atoms with Crippen molar-refractivity contribution in [3.8, 4) is 0 Å². The van der Waals surface area contributed by atoms with Gasteiger partial charge in [-0.25, -0.2) is 0 Å². The topological polar surface area (TPSA) is 17.3 Å². The van der Waals surface area contributed by atoms with Crippen LogP contribution in [0.15, 0.2) is 37.0 Å². The van der Waals surface area contributed by atoms with E-state index in [1.165, 1.54) is 19.5 Å². The Morgan fingerprint density at radius 1 is 1.17 bits per heavy atom. The molecule has 2 aliphatic carbocycles.